The van der Waals surface area contributed by atoms with E-state index in [9.17, 15) is 0 Å². The van der Waals surface area contributed by atoms with Gasteiger partial charge in [0.1, 0.15) is 0 Å². The number of rotatable bonds is 3. The zero-order valence-corrected chi connectivity index (χ0v) is 10.4. The number of aromatic nitrogens is 4. The second kappa shape index (κ2) is 4.63. The fraction of sp³-hybridized carbons (Fsp3) is 0.417. The monoisotopic (exact) mass is 231 g/mol. The summed E-state index contributed by atoms with van der Waals surface area (Å²) in [6.45, 7) is 6.73. The summed E-state index contributed by atoms with van der Waals surface area (Å²) in [7, 11) is 0. The van der Waals surface area contributed by atoms with Crippen LogP contribution < -0.4 is 5.73 Å². The van der Waals surface area contributed by atoms with Gasteiger partial charge in [0.25, 0.3) is 0 Å². The summed E-state index contributed by atoms with van der Waals surface area (Å²) in [6.07, 6.45) is 0.657. The molecule has 0 saturated carbocycles. The van der Waals surface area contributed by atoms with Crippen LogP contribution >= 0.6 is 0 Å². The number of aryl methyl sites for hydroxylation is 3. The highest BCUT2D eigenvalue weighted by Crippen LogP contribution is 2.19. The summed E-state index contributed by atoms with van der Waals surface area (Å²) < 4.78 is 0. The molecule has 2 aromatic rings. The fourth-order valence-corrected chi connectivity index (χ4v) is 2.06. The predicted octanol–water partition coefficient (Wildman–Crippen LogP) is 1.09. The molecule has 0 saturated heterocycles. The molecule has 0 aliphatic carbocycles. The van der Waals surface area contributed by atoms with Crippen molar-refractivity contribution in [1.82, 2.24) is 20.2 Å². The fourth-order valence-electron chi connectivity index (χ4n) is 2.06. The molecule has 5 nitrogen and oxygen atoms in total. The van der Waals surface area contributed by atoms with Crippen LogP contribution in [-0.4, -0.2) is 26.8 Å². The van der Waals surface area contributed by atoms with Crippen molar-refractivity contribution in [2.45, 2.75) is 27.2 Å². The minimum atomic E-state index is 0.539. The Hall–Kier alpha value is -1.75. The standard InChI is InChI=1S/C12H17N5/c1-8-6-9(2)12(10(3)7-8)17-15-11(4-5-13)14-16-17/h6-7H,4-5,13H2,1-3H3. The normalized spacial score (nSPS) is 10.8. The molecule has 17 heavy (non-hydrogen) atoms. The molecule has 2 rings (SSSR count). The van der Waals surface area contributed by atoms with E-state index in [1.165, 1.54) is 5.56 Å². The van der Waals surface area contributed by atoms with Gasteiger partial charge in [0.05, 0.1) is 5.69 Å². The van der Waals surface area contributed by atoms with Crippen LogP contribution in [-0.2, 0) is 6.42 Å². The molecule has 1 heterocycles. The summed E-state index contributed by atoms with van der Waals surface area (Å²) >= 11 is 0. The Morgan fingerprint density at radius 1 is 1.18 bits per heavy atom. The minimum absolute atomic E-state index is 0.539. The Kier molecular flexibility index (Phi) is 3.19. The number of nitrogens with two attached hydrogens (primary N) is 1. The summed E-state index contributed by atoms with van der Waals surface area (Å²) in [6, 6.07) is 4.24. The van der Waals surface area contributed by atoms with E-state index in [1.807, 2.05) is 0 Å². The van der Waals surface area contributed by atoms with Gasteiger partial charge in [0, 0.05) is 6.42 Å². The highest BCUT2D eigenvalue weighted by Gasteiger charge is 2.10. The van der Waals surface area contributed by atoms with Gasteiger partial charge < -0.3 is 5.73 Å². The minimum Gasteiger partial charge on any atom is -0.330 e. The molecule has 5 heteroatoms. The van der Waals surface area contributed by atoms with Gasteiger partial charge >= 0.3 is 0 Å². The van der Waals surface area contributed by atoms with Crippen molar-refractivity contribution in [3.05, 3.63) is 34.6 Å². The van der Waals surface area contributed by atoms with E-state index in [-0.39, 0.29) is 0 Å². The number of benzene rings is 1. The largest absolute Gasteiger partial charge is 0.330 e. The van der Waals surface area contributed by atoms with Crippen molar-refractivity contribution in [2.24, 2.45) is 5.73 Å². The van der Waals surface area contributed by atoms with Crippen LogP contribution in [0.2, 0.25) is 0 Å². The first-order valence-corrected chi connectivity index (χ1v) is 5.69. The van der Waals surface area contributed by atoms with E-state index in [1.54, 1.807) is 4.80 Å². The van der Waals surface area contributed by atoms with Gasteiger partial charge in [0.15, 0.2) is 5.82 Å². The van der Waals surface area contributed by atoms with Crippen LogP contribution in [0.3, 0.4) is 0 Å². The van der Waals surface area contributed by atoms with Crippen LogP contribution in [0.1, 0.15) is 22.5 Å². The van der Waals surface area contributed by atoms with E-state index >= 15 is 0 Å². The van der Waals surface area contributed by atoms with E-state index in [0.29, 0.717) is 18.8 Å². The Balaban J connectivity index is 2.45. The lowest BCUT2D eigenvalue weighted by Crippen LogP contribution is -2.07. The predicted molar refractivity (Wildman–Crippen MR) is 66.1 cm³/mol. The lowest BCUT2D eigenvalue weighted by atomic mass is 10.1. The molecular formula is C12H17N5. The van der Waals surface area contributed by atoms with Crippen LogP contribution in [0.15, 0.2) is 12.1 Å². The summed E-state index contributed by atoms with van der Waals surface area (Å²) in [5, 5.41) is 12.4. The van der Waals surface area contributed by atoms with Gasteiger partial charge in [0.2, 0.25) is 0 Å². The van der Waals surface area contributed by atoms with Crippen molar-refractivity contribution in [3.8, 4) is 5.69 Å². The maximum Gasteiger partial charge on any atom is 0.176 e. The smallest absolute Gasteiger partial charge is 0.176 e. The average Bonchev–Trinajstić information content (AvgIpc) is 2.65. The van der Waals surface area contributed by atoms with E-state index < -0.39 is 0 Å². The average molecular weight is 231 g/mol. The SMILES string of the molecule is Cc1cc(C)c(-n2nnc(CCN)n2)c(C)c1. The molecular weight excluding hydrogens is 214 g/mol. The maximum atomic E-state index is 5.47. The van der Waals surface area contributed by atoms with Crippen molar-refractivity contribution >= 4 is 0 Å². The van der Waals surface area contributed by atoms with Crippen LogP contribution in [0.25, 0.3) is 5.69 Å². The third kappa shape index (κ3) is 2.34. The first-order valence-electron chi connectivity index (χ1n) is 5.69. The molecule has 0 fully saturated rings. The Labute approximate surface area is 101 Å². The molecule has 2 N–H and O–H groups in total. The van der Waals surface area contributed by atoms with Crippen molar-refractivity contribution in [2.75, 3.05) is 6.54 Å². The quantitative estimate of drug-likeness (QED) is 0.858. The second-order valence-electron chi connectivity index (χ2n) is 4.28. The lowest BCUT2D eigenvalue weighted by Gasteiger charge is -2.08. The van der Waals surface area contributed by atoms with Crippen LogP contribution in [0, 0.1) is 20.8 Å². The van der Waals surface area contributed by atoms with Gasteiger partial charge in [-0.05, 0) is 43.7 Å². The summed E-state index contributed by atoms with van der Waals surface area (Å²) in [5.41, 5.74) is 10.0. The molecule has 0 aliphatic rings. The van der Waals surface area contributed by atoms with Crippen molar-refractivity contribution < 1.29 is 0 Å². The molecule has 1 aromatic heterocycles. The van der Waals surface area contributed by atoms with Gasteiger partial charge in [-0.3, -0.25) is 0 Å². The highest BCUT2D eigenvalue weighted by atomic mass is 15.6. The first-order chi connectivity index (χ1) is 8.11. The van der Waals surface area contributed by atoms with E-state index in [0.717, 1.165) is 16.8 Å². The Bertz CT molecular complexity index is 506. The van der Waals surface area contributed by atoms with Gasteiger partial charge in [-0.25, -0.2) is 0 Å². The molecule has 0 atom stereocenters. The maximum absolute atomic E-state index is 5.47. The van der Waals surface area contributed by atoms with Crippen molar-refractivity contribution in [1.29, 1.82) is 0 Å². The summed E-state index contributed by atoms with van der Waals surface area (Å²) in [5.74, 6) is 0.687. The zero-order chi connectivity index (χ0) is 12.4. The third-order valence-corrected chi connectivity index (χ3v) is 2.66. The molecule has 0 amide bonds. The molecule has 0 radical (unpaired) electrons. The topological polar surface area (TPSA) is 69.6 Å². The van der Waals surface area contributed by atoms with Gasteiger partial charge in [-0.1, -0.05) is 17.7 Å². The van der Waals surface area contributed by atoms with E-state index in [4.69, 9.17) is 5.73 Å². The number of hydrogen-bond donors (Lipinski definition) is 1. The molecule has 90 valence electrons. The van der Waals surface area contributed by atoms with Crippen LogP contribution in [0.4, 0.5) is 0 Å². The van der Waals surface area contributed by atoms with E-state index in [2.05, 4.69) is 48.3 Å². The summed E-state index contributed by atoms with van der Waals surface area (Å²) in [4.78, 5) is 1.59. The number of nitrogens with zero attached hydrogens (tertiary/aromatic N) is 4. The second-order valence-corrected chi connectivity index (χ2v) is 4.28. The number of tetrazole rings is 1. The van der Waals surface area contributed by atoms with Crippen LogP contribution in [0.5, 0.6) is 0 Å². The first kappa shape index (κ1) is 11.7. The zero-order valence-electron chi connectivity index (χ0n) is 10.4. The Morgan fingerprint density at radius 2 is 1.82 bits per heavy atom. The molecule has 0 unspecified atom stereocenters. The van der Waals surface area contributed by atoms with Gasteiger partial charge in [-0.15, -0.1) is 15.0 Å². The molecule has 1 aromatic carbocycles. The highest BCUT2D eigenvalue weighted by molar-refractivity contribution is 5.47. The van der Waals surface area contributed by atoms with Crippen molar-refractivity contribution in [3.63, 3.8) is 0 Å². The molecule has 0 spiro atoms. The number of hydrogen-bond acceptors (Lipinski definition) is 4. The Morgan fingerprint density at radius 3 is 2.41 bits per heavy atom. The molecule has 0 aliphatic heterocycles. The third-order valence-electron chi connectivity index (χ3n) is 2.66. The van der Waals surface area contributed by atoms with Gasteiger partial charge in [-0.2, -0.15) is 0 Å². The lowest BCUT2D eigenvalue weighted by molar-refractivity contribution is 0.708. The molecule has 0 bridgehead atoms.